The van der Waals surface area contributed by atoms with Crippen molar-refractivity contribution in [3.8, 4) is 0 Å². The van der Waals surface area contributed by atoms with Gasteiger partial charge in [0.2, 0.25) is 0 Å². The third-order valence-electron chi connectivity index (χ3n) is 2.19. The molecule has 0 aliphatic carbocycles. The van der Waals surface area contributed by atoms with Crippen molar-refractivity contribution >= 4 is 40.6 Å². The first-order chi connectivity index (χ1) is 8.19. The molecule has 0 bridgehead atoms. The van der Waals surface area contributed by atoms with E-state index in [4.69, 9.17) is 17.3 Å². The first kappa shape index (κ1) is 12.7. The lowest BCUT2D eigenvalue weighted by Gasteiger charge is -2.03. The number of thioether (sulfide) groups is 1. The van der Waals surface area contributed by atoms with E-state index in [-0.39, 0.29) is 0 Å². The highest BCUT2D eigenvalue weighted by molar-refractivity contribution is 8.00. The Kier molecular flexibility index (Phi) is 4.25. The predicted octanol–water partition coefficient (Wildman–Crippen LogP) is 3.63. The standard InChI is InChI=1S/C11H12ClN3S2/c1-2-10-14-11(17-15-10)16-6-7-3-4-8(13)5-9(7)12/h3-5H,2,6,13H2,1H3. The lowest BCUT2D eigenvalue weighted by molar-refractivity contribution is 0.971. The molecule has 0 amide bonds. The van der Waals surface area contributed by atoms with Gasteiger partial charge in [-0.2, -0.15) is 4.37 Å². The van der Waals surface area contributed by atoms with Crippen LogP contribution in [0, 0.1) is 0 Å². The second-order valence-electron chi connectivity index (χ2n) is 3.47. The van der Waals surface area contributed by atoms with E-state index in [0.29, 0.717) is 10.7 Å². The summed E-state index contributed by atoms with van der Waals surface area (Å²) in [6, 6.07) is 5.58. The van der Waals surface area contributed by atoms with Crippen LogP contribution in [0.15, 0.2) is 22.5 Å². The average molecular weight is 286 g/mol. The summed E-state index contributed by atoms with van der Waals surface area (Å²) < 4.78 is 5.22. The van der Waals surface area contributed by atoms with E-state index in [1.807, 2.05) is 19.1 Å². The Hall–Kier alpha value is -0.780. The van der Waals surface area contributed by atoms with Gasteiger partial charge in [-0.25, -0.2) is 4.98 Å². The zero-order chi connectivity index (χ0) is 12.3. The van der Waals surface area contributed by atoms with Gasteiger partial charge in [-0.15, -0.1) is 0 Å². The fourth-order valence-corrected chi connectivity index (χ4v) is 3.29. The highest BCUT2D eigenvalue weighted by Gasteiger charge is 2.06. The minimum atomic E-state index is 0.688. The van der Waals surface area contributed by atoms with E-state index < -0.39 is 0 Å². The Morgan fingerprint density at radius 2 is 2.29 bits per heavy atom. The summed E-state index contributed by atoms with van der Waals surface area (Å²) in [7, 11) is 0. The van der Waals surface area contributed by atoms with Crippen LogP contribution in [0.25, 0.3) is 0 Å². The minimum Gasteiger partial charge on any atom is -0.399 e. The zero-order valence-electron chi connectivity index (χ0n) is 9.31. The van der Waals surface area contributed by atoms with Crippen molar-refractivity contribution in [1.29, 1.82) is 0 Å². The molecule has 1 aromatic heterocycles. The molecule has 0 saturated heterocycles. The summed E-state index contributed by atoms with van der Waals surface area (Å²) in [4.78, 5) is 4.39. The maximum absolute atomic E-state index is 6.10. The summed E-state index contributed by atoms with van der Waals surface area (Å²) in [6.45, 7) is 2.05. The smallest absolute Gasteiger partial charge is 0.170 e. The Balaban J connectivity index is 2.02. The van der Waals surface area contributed by atoms with Crippen LogP contribution < -0.4 is 5.73 Å². The molecule has 0 saturated carbocycles. The molecular formula is C11H12ClN3S2. The van der Waals surface area contributed by atoms with E-state index in [2.05, 4.69) is 9.36 Å². The molecule has 17 heavy (non-hydrogen) atoms. The van der Waals surface area contributed by atoms with Crippen molar-refractivity contribution < 1.29 is 0 Å². The van der Waals surface area contributed by atoms with E-state index in [1.165, 1.54) is 11.5 Å². The van der Waals surface area contributed by atoms with Crippen molar-refractivity contribution in [3.05, 3.63) is 34.6 Å². The number of hydrogen-bond acceptors (Lipinski definition) is 5. The van der Waals surface area contributed by atoms with Crippen molar-refractivity contribution in [2.24, 2.45) is 0 Å². The summed E-state index contributed by atoms with van der Waals surface area (Å²) >= 11 is 9.19. The van der Waals surface area contributed by atoms with Gasteiger partial charge in [0, 0.05) is 22.9 Å². The number of nitrogens with two attached hydrogens (primary N) is 1. The molecule has 0 radical (unpaired) electrons. The number of aromatic nitrogens is 2. The highest BCUT2D eigenvalue weighted by atomic mass is 35.5. The maximum Gasteiger partial charge on any atom is 0.170 e. The summed E-state index contributed by atoms with van der Waals surface area (Å²) in [6.07, 6.45) is 0.875. The number of nitrogen functional groups attached to an aromatic ring is 1. The van der Waals surface area contributed by atoms with Crippen molar-refractivity contribution in [3.63, 3.8) is 0 Å². The van der Waals surface area contributed by atoms with Gasteiger partial charge in [-0.05, 0) is 29.2 Å². The molecule has 0 atom stereocenters. The third-order valence-corrected chi connectivity index (χ3v) is 4.47. The lowest BCUT2D eigenvalue weighted by atomic mass is 10.2. The molecule has 1 heterocycles. The van der Waals surface area contributed by atoms with Crippen LogP contribution in [0.5, 0.6) is 0 Å². The Morgan fingerprint density at radius 1 is 1.47 bits per heavy atom. The largest absolute Gasteiger partial charge is 0.399 e. The van der Waals surface area contributed by atoms with Crippen molar-refractivity contribution in [1.82, 2.24) is 9.36 Å². The summed E-state index contributed by atoms with van der Waals surface area (Å²) in [5.74, 6) is 1.69. The third kappa shape index (κ3) is 3.34. The monoisotopic (exact) mass is 285 g/mol. The number of hydrogen-bond donors (Lipinski definition) is 1. The topological polar surface area (TPSA) is 51.8 Å². The van der Waals surface area contributed by atoms with Crippen LogP contribution in [-0.4, -0.2) is 9.36 Å². The predicted molar refractivity (Wildman–Crippen MR) is 74.7 cm³/mol. The minimum absolute atomic E-state index is 0.688. The van der Waals surface area contributed by atoms with Gasteiger partial charge in [-0.1, -0.05) is 36.4 Å². The van der Waals surface area contributed by atoms with Gasteiger partial charge >= 0.3 is 0 Å². The SMILES string of the molecule is CCc1nsc(SCc2ccc(N)cc2Cl)n1. The molecule has 0 spiro atoms. The molecule has 0 fully saturated rings. The van der Waals surface area contributed by atoms with Gasteiger partial charge in [0.15, 0.2) is 4.34 Å². The van der Waals surface area contributed by atoms with Crippen LogP contribution in [-0.2, 0) is 12.2 Å². The van der Waals surface area contributed by atoms with Crippen molar-refractivity contribution in [2.45, 2.75) is 23.4 Å². The zero-order valence-corrected chi connectivity index (χ0v) is 11.7. The molecular weight excluding hydrogens is 274 g/mol. The summed E-state index contributed by atoms with van der Waals surface area (Å²) in [5.41, 5.74) is 7.40. The van der Waals surface area contributed by atoms with E-state index in [9.17, 15) is 0 Å². The Bertz CT molecular complexity index is 513. The first-order valence-electron chi connectivity index (χ1n) is 5.18. The van der Waals surface area contributed by atoms with Gasteiger partial charge < -0.3 is 5.73 Å². The number of anilines is 1. The highest BCUT2D eigenvalue weighted by Crippen LogP contribution is 2.28. The van der Waals surface area contributed by atoms with Crippen LogP contribution >= 0.6 is 34.9 Å². The number of halogens is 1. The molecule has 90 valence electrons. The van der Waals surface area contributed by atoms with Gasteiger partial charge in [0.05, 0.1) is 0 Å². The fraction of sp³-hybridized carbons (Fsp3) is 0.273. The molecule has 6 heteroatoms. The quantitative estimate of drug-likeness (QED) is 0.688. The second-order valence-corrected chi connectivity index (χ2v) is 5.85. The van der Waals surface area contributed by atoms with Crippen molar-refractivity contribution in [2.75, 3.05) is 5.73 Å². The molecule has 2 N–H and O–H groups in total. The molecule has 0 aliphatic rings. The Labute approximate surface area is 114 Å². The molecule has 2 aromatic rings. The normalized spacial score (nSPS) is 10.7. The maximum atomic E-state index is 6.10. The van der Waals surface area contributed by atoms with E-state index in [0.717, 1.165) is 27.9 Å². The molecule has 2 rings (SSSR count). The van der Waals surface area contributed by atoms with Crippen LogP contribution in [0.2, 0.25) is 5.02 Å². The average Bonchev–Trinajstić information content (AvgIpc) is 2.76. The second kappa shape index (κ2) is 5.71. The van der Waals surface area contributed by atoms with Gasteiger partial charge in [0.25, 0.3) is 0 Å². The van der Waals surface area contributed by atoms with Crippen LogP contribution in [0.4, 0.5) is 5.69 Å². The molecule has 0 unspecified atom stereocenters. The molecule has 3 nitrogen and oxygen atoms in total. The molecule has 0 aliphatic heterocycles. The number of benzene rings is 1. The number of nitrogens with zero attached hydrogens (tertiary/aromatic N) is 2. The number of rotatable bonds is 4. The Morgan fingerprint density at radius 3 is 2.94 bits per heavy atom. The first-order valence-corrected chi connectivity index (χ1v) is 7.32. The summed E-state index contributed by atoms with van der Waals surface area (Å²) in [5, 5.41) is 0.706. The number of aryl methyl sites for hydroxylation is 1. The van der Waals surface area contributed by atoms with Crippen LogP contribution in [0.1, 0.15) is 18.3 Å². The van der Waals surface area contributed by atoms with Crippen LogP contribution in [0.3, 0.4) is 0 Å². The fourth-order valence-electron chi connectivity index (χ4n) is 1.26. The van der Waals surface area contributed by atoms with E-state index in [1.54, 1.807) is 17.8 Å². The van der Waals surface area contributed by atoms with E-state index >= 15 is 0 Å². The molecule has 1 aromatic carbocycles. The lowest BCUT2D eigenvalue weighted by Crippen LogP contribution is -1.88. The van der Waals surface area contributed by atoms with Gasteiger partial charge in [-0.3, -0.25) is 0 Å². The van der Waals surface area contributed by atoms with Gasteiger partial charge in [0.1, 0.15) is 5.82 Å².